The van der Waals surface area contributed by atoms with Crippen LogP contribution >= 0.6 is 23.1 Å². The lowest BCUT2D eigenvalue weighted by molar-refractivity contribution is -0.120. The third-order valence-electron chi connectivity index (χ3n) is 5.27. The summed E-state index contributed by atoms with van der Waals surface area (Å²) in [5.41, 5.74) is 0.716. The Morgan fingerprint density at radius 3 is 2.77 bits per heavy atom. The van der Waals surface area contributed by atoms with Crippen molar-refractivity contribution in [3.8, 4) is 5.75 Å². The Kier molecular flexibility index (Phi) is 6.47. The molecule has 0 unspecified atom stereocenters. The molecule has 1 amide bonds. The van der Waals surface area contributed by atoms with Gasteiger partial charge in [-0.1, -0.05) is 11.6 Å². The van der Waals surface area contributed by atoms with Crippen molar-refractivity contribution in [2.24, 2.45) is 5.92 Å². The largest absolute Gasteiger partial charge is 0.492 e. The Balaban J connectivity index is 1.43. The predicted octanol–water partition coefficient (Wildman–Crippen LogP) is 4.39. The molecule has 0 saturated carbocycles. The molecule has 10 heteroatoms. The number of sulfonamides is 1. The summed E-state index contributed by atoms with van der Waals surface area (Å²) in [6.45, 7) is 2.65. The van der Waals surface area contributed by atoms with Gasteiger partial charge in [-0.05, 0) is 67.7 Å². The SMILES string of the molecule is CCOc1ccc(Cl)cc1S(=O)(=O)N1CCC(C(=O)Nc2ccc3sncc3c2)CC1. The van der Waals surface area contributed by atoms with Gasteiger partial charge < -0.3 is 10.1 Å². The summed E-state index contributed by atoms with van der Waals surface area (Å²) < 4.78 is 38.5. The Morgan fingerprint density at radius 2 is 2.03 bits per heavy atom. The fourth-order valence-corrected chi connectivity index (χ4v) is 6.14. The molecule has 164 valence electrons. The lowest BCUT2D eigenvalue weighted by Crippen LogP contribution is -2.41. The van der Waals surface area contributed by atoms with Gasteiger partial charge in [0.15, 0.2) is 0 Å². The van der Waals surface area contributed by atoms with Crippen molar-refractivity contribution in [1.82, 2.24) is 8.68 Å². The summed E-state index contributed by atoms with van der Waals surface area (Å²) in [5, 5.41) is 4.25. The number of hydrogen-bond donors (Lipinski definition) is 1. The second-order valence-electron chi connectivity index (χ2n) is 7.27. The van der Waals surface area contributed by atoms with Crippen LogP contribution in [-0.2, 0) is 14.8 Å². The molecule has 0 atom stereocenters. The van der Waals surface area contributed by atoms with E-state index in [0.29, 0.717) is 30.2 Å². The molecule has 0 spiro atoms. The minimum atomic E-state index is -3.78. The van der Waals surface area contributed by atoms with Crippen molar-refractivity contribution in [2.75, 3.05) is 25.0 Å². The van der Waals surface area contributed by atoms with E-state index in [-0.39, 0.29) is 35.6 Å². The van der Waals surface area contributed by atoms with E-state index in [1.807, 2.05) is 18.2 Å². The third kappa shape index (κ3) is 4.69. The number of carbonyl (C=O) groups is 1. The first kappa shape index (κ1) is 22.0. The van der Waals surface area contributed by atoms with E-state index >= 15 is 0 Å². The molecule has 1 aromatic heterocycles. The fraction of sp³-hybridized carbons (Fsp3) is 0.333. The maximum atomic E-state index is 13.2. The van der Waals surface area contributed by atoms with Crippen molar-refractivity contribution in [1.29, 1.82) is 0 Å². The second kappa shape index (κ2) is 9.12. The second-order valence-corrected chi connectivity index (χ2v) is 10.4. The highest BCUT2D eigenvalue weighted by Crippen LogP contribution is 2.32. The van der Waals surface area contributed by atoms with E-state index in [4.69, 9.17) is 16.3 Å². The van der Waals surface area contributed by atoms with E-state index in [2.05, 4.69) is 9.69 Å². The lowest BCUT2D eigenvalue weighted by Gasteiger charge is -2.31. The van der Waals surface area contributed by atoms with Gasteiger partial charge in [-0.25, -0.2) is 8.42 Å². The molecule has 1 aliphatic rings. The zero-order chi connectivity index (χ0) is 22.0. The maximum absolute atomic E-state index is 13.2. The molecule has 0 radical (unpaired) electrons. The molecule has 2 aromatic carbocycles. The van der Waals surface area contributed by atoms with Crippen LogP contribution in [0.4, 0.5) is 5.69 Å². The molecule has 0 bridgehead atoms. The Labute approximate surface area is 190 Å². The molecule has 31 heavy (non-hydrogen) atoms. The van der Waals surface area contributed by atoms with E-state index in [1.165, 1.54) is 21.9 Å². The van der Waals surface area contributed by atoms with Gasteiger partial charge in [-0.15, -0.1) is 0 Å². The Morgan fingerprint density at radius 1 is 1.26 bits per heavy atom. The average molecular weight is 480 g/mol. The molecule has 1 saturated heterocycles. The van der Waals surface area contributed by atoms with Crippen LogP contribution in [0, 0.1) is 5.92 Å². The van der Waals surface area contributed by atoms with Gasteiger partial charge in [0.05, 0.1) is 11.3 Å². The Hall–Kier alpha value is -2.20. The number of fused-ring (bicyclic) bond motifs is 1. The number of piperidine rings is 1. The van der Waals surface area contributed by atoms with Crippen molar-refractivity contribution < 1.29 is 17.9 Å². The average Bonchev–Trinajstić information content (AvgIpc) is 3.23. The smallest absolute Gasteiger partial charge is 0.246 e. The highest BCUT2D eigenvalue weighted by Gasteiger charge is 2.34. The predicted molar refractivity (Wildman–Crippen MR) is 122 cm³/mol. The fourth-order valence-electron chi connectivity index (χ4n) is 3.65. The lowest BCUT2D eigenvalue weighted by atomic mass is 9.97. The number of nitrogens with one attached hydrogen (secondary N) is 1. The van der Waals surface area contributed by atoms with Gasteiger partial charge >= 0.3 is 0 Å². The van der Waals surface area contributed by atoms with Crippen molar-refractivity contribution in [3.05, 3.63) is 47.6 Å². The van der Waals surface area contributed by atoms with Crippen molar-refractivity contribution in [2.45, 2.75) is 24.7 Å². The number of benzene rings is 2. The number of aromatic nitrogens is 1. The summed E-state index contributed by atoms with van der Waals surface area (Å²) in [4.78, 5) is 12.8. The standard InChI is InChI=1S/C21H22ClN3O4S2/c1-2-29-18-5-3-16(22)12-20(18)31(27,28)25-9-7-14(8-10-25)21(26)24-17-4-6-19-15(11-17)13-23-30-19/h3-6,11-14H,2,7-10H2,1H3,(H,24,26). The van der Waals surface area contributed by atoms with Gasteiger partial charge in [-0.2, -0.15) is 8.68 Å². The van der Waals surface area contributed by atoms with Gasteiger partial charge in [0.2, 0.25) is 15.9 Å². The third-order valence-corrected chi connectivity index (χ3v) is 8.20. The van der Waals surface area contributed by atoms with Crippen molar-refractivity contribution in [3.63, 3.8) is 0 Å². The first-order valence-electron chi connectivity index (χ1n) is 9.96. The molecule has 0 aliphatic carbocycles. The van der Waals surface area contributed by atoms with E-state index in [9.17, 15) is 13.2 Å². The van der Waals surface area contributed by atoms with E-state index in [1.54, 1.807) is 25.3 Å². The molecular weight excluding hydrogens is 458 g/mol. The van der Waals surface area contributed by atoms with Crippen LogP contribution in [0.1, 0.15) is 19.8 Å². The van der Waals surface area contributed by atoms with E-state index in [0.717, 1.165) is 10.1 Å². The van der Waals surface area contributed by atoms with Crippen LogP contribution in [-0.4, -0.2) is 42.7 Å². The van der Waals surface area contributed by atoms with E-state index < -0.39 is 10.0 Å². The zero-order valence-corrected chi connectivity index (χ0v) is 19.3. The van der Waals surface area contributed by atoms with Crippen LogP contribution in [0.5, 0.6) is 5.75 Å². The van der Waals surface area contributed by atoms with Gasteiger partial charge in [-0.3, -0.25) is 4.79 Å². The van der Waals surface area contributed by atoms with Crippen molar-refractivity contribution >= 4 is 54.8 Å². The highest BCUT2D eigenvalue weighted by molar-refractivity contribution is 7.89. The first-order valence-corrected chi connectivity index (χ1v) is 12.6. The summed E-state index contributed by atoms with van der Waals surface area (Å²) >= 11 is 7.44. The monoisotopic (exact) mass is 479 g/mol. The summed E-state index contributed by atoms with van der Waals surface area (Å²) in [6, 6.07) is 10.3. The minimum absolute atomic E-state index is 0.0578. The van der Waals surface area contributed by atoms with Crippen LogP contribution in [0.2, 0.25) is 5.02 Å². The summed E-state index contributed by atoms with van der Waals surface area (Å²) in [6.07, 6.45) is 2.65. The molecule has 1 N–H and O–H groups in total. The number of amides is 1. The van der Waals surface area contributed by atoms with Gasteiger partial charge in [0.25, 0.3) is 0 Å². The minimum Gasteiger partial charge on any atom is -0.492 e. The molecular formula is C21H22ClN3O4S2. The zero-order valence-electron chi connectivity index (χ0n) is 16.9. The normalized spacial score (nSPS) is 15.8. The van der Waals surface area contributed by atoms with Gasteiger partial charge in [0, 0.05) is 41.3 Å². The van der Waals surface area contributed by atoms with Crippen LogP contribution < -0.4 is 10.1 Å². The number of rotatable bonds is 6. The van der Waals surface area contributed by atoms with Crippen LogP contribution in [0.15, 0.2) is 47.5 Å². The number of ether oxygens (including phenoxy) is 1. The molecule has 2 heterocycles. The maximum Gasteiger partial charge on any atom is 0.246 e. The quantitative estimate of drug-likeness (QED) is 0.566. The molecule has 3 aromatic rings. The number of hydrogen-bond acceptors (Lipinski definition) is 6. The summed E-state index contributed by atoms with van der Waals surface area (Å²) in [7, 11) is -3.78. The highest BCUT2D eigenvalue weighted by atomic mass is 35.5. The van der Waals surface area contributed by atoms with Crippen LogP contribution in [0.3, 0.4) is 0 Å². The number of halogens is 1. The molecule has 1 fully saturated rings. The topological polar surface area (TPSA) is 88.6 Å². The first-order chi connectivity index (χ1) is 14.9. The van der Waals surface area contributed by atoms with Crippen LogP contribution in [0.25, 0.3) is 10.1 Å². The molecule has 4 rings (SSSR count). The Bertz CT molecular complexity index is 1200. The number of carbonyl (C=O) groups excluding carboxylic acids is 1. The summed E-state index contributed by atoms with van der Waals surface area (Å²) in [5.74, 6) is -0.0732. The molecule has 7 nitrogen and oxygen atoms in total. The molecule has 1 aliphatic heterocycles. The van der Waals surface area contributed by atoms with Gasteiger partial charge in [0.1, 0.15) is 10.6 Å². The number of nitrogens with zero attached hydrogens (tertiary/aromatic N) is 2. The number of anilines is 1.